The Labute approximate surface area is 159 Å². The van der Waals surface area contributed by atoms with Crippen LogP contribution in [0.15, 0.2) is 88.4 Å². The Hall–Kier alpha value is -3.18. The first kappa shape index (κ1) is 17.2. The number of anilines is 1. The van der Waals surface area contributed by atoms with Crippen LogP contribution in [0.5, 0.6) is 0 Å². The van der Waals surface area contributed by atoms with Crippen molar-refractivity contribution in [3.63, 3.8) is 0 Å². The summed E-state index contributed by atoms with van der Waals surface area (Å²) < 4.78 is 5.29. The van der Waals surface area contributed by atoms with Crippen molar-refractivity contribution in [3.8, 4) is 11.3 Å². The van der Waals surface area contributed by atoms with E-state index < -0.39 is 0 Å². The van der Waals surface area contributed by atoms with E-state index in [0.717, 1.165) is 43.1 Å². The zero-order valence-corrected chi connectivity index (χ0v) is 15.1. The fraction of sp³-hybridized carbons (Fsp3) is 0.182. The van der Waals surface area contributed by atoms with Crippen molar-refractivity contribution in [1.82, 2.24) is 9.88 Å². The number of nitrogens with one attached hydrogen (secondary N) is 1. The second kappa shape index (κ2) is 8.47. The fourth-order valence-corrected chi connectivity index (χ4v) is 3.09. The molecule has 5 nitrogen and oxygen atoms in total. The van der Waals surface area contributed by atoms with Crippen molar-refractivity contribution in [2.24, 2.45) is 5.10 Å². The third-order valence-corrected chi connectivity index (χ3v) is 4.60. The Balaban J connectivity index is 1.28. The second-order valence-electron chi connectivity index (χ2n) is 6.56. The predicted molar refractivity (Wildman–Crippen MR) is 108 cm³/mol. The normalized spacial score (nSPS) is 15.0. The molecule has 1 aliphatic rings. The van der Waals surface area contributed by atoms with Crippen molar-refractivity contribution < 1.29 is 4.42 Å². The van der Waals surface area contributed by atoms with E-state index in [9.17, 15) is 0 Å². The number of oxazole rings is 1. The number of nitrogens with zero attached hydrogens (tertiary/aromatic N) is 3. The lowest BCUT2D eigenvalue weighted by Gasteiger charge is -2.25. The molecular formula is C22H22N4O. The van der Waals surface area contributed by atoms with Crippen molar-refractivity contribution in [1.29, 1.82) is 0 Å². The van der Waals surface area contributed by atoms with Crippen LogP contribution in [0.2, 0.25) is 0 Å². The maximum Gasteiger partial charge on any atom is 0.181 e. The van der Waals surface area contributed by atoms with Crippen LogP contribution < -0.4 is 5.43 Å². The molecule has 1 aromatic heterocycles. The van der Waals surface area contributed by atoms with Crippen LogP contribution in [-0.2, 0) is 6.54 Å². The summed E-state index contributed by atoms with van der Waals surface area (Å²) in [6.45, 7) is 3.01. The zero-order valence-electron chi connectivity index (χ0n) is 15.1. The van der Waals surface area contributed by atoms with Crippen LogP contribution in [0.3, 0.4) is 0 Å². The van der Waals surface area contributed by atoms with E-state index >= 15 is 0 Å². The summed E-state index contributed by atoms with van der Waals surface area (Å²) in [5, 5.41) is 4.37. The van der Waals surface area contributed by atoms with Gasteiger partial charge < -0.3 is 4.42 Å². The van der Waals surface area contributed by atoms with Crippen LogP contribution in [0.25, 0.3) is 11.3 Å². The SMILES string of the molecule is C(=NNc1ccc(-c2cnco2)cc1)C1=CCN(Cc2ccccc2)CC1. The molecule has 0 atom stereocenters. The molecule has 1 aliphatic heterocycles. The molecule has 0 saturated carbocycles. The predicted octanol–water partition coefficient (Wildman–Crippen LogP) is 4.57. The Morgan fingerprint density at radius 2 is 1.96 bits per heavy atom. The highest BCUT2D eigenvalue weighted by molar-refractivity contribution is 5.79. The van der Waals surface area contributed by atoms with Crippen molar-refractivity contribution in [2.45, 2.75) is 13.0 Å². The fourth-order valence-electron chi connectivity index (χ4n) is 3.09. The van der Waals surface area contributed by atoms with Crippen LogP contribution in [0, 0.1) is 0 Å². The number of rotatable bonds is 6. The zero-order chi connectivity index (χ0) is 18.3. The Morgan fingerprint density at radius 3 is 2.67 bits per heavy atom. The van der Waals surface area contributed by atoms with Gasteiger partial charge in [0.05, 0.1) is 18.1 Å². The molecule has 0 radical (unpaired) electrons. The number of benzene rings is 2. The third-order valence-electron chi connectivity index (χ3n) is 4.60. The number of hydrogen-bond donors (Lipinski definition) is 1. The van der Waals surface area contributed by atoms with Gasteiger partial charge in [-0.25, -0.2) is 4.98 Å². The summed E-state index contributed by atoms with van der Waals surface area (Å²) in [5.74, 6) is 0.762. The van der Waals surface area contributed by atoms with Crippen LogP contribution >= 0.6 is 0 Å². The van der Waals surface area contributed by atoms with E-state index in [-0.39, 0.29) is 0 Å². The molecule has 0 aliphatic carbocycles. The van der Waals surface area contributed by atoms with Crippen LogP contribution in [-0.4, -0.2) is 29.2 Å². The van der Waals surface area contributed by atoms with Gasteiger partial charge in [-0.3, -0.25) is 10.3 Å². The largest absolute Gasteiger partial charge is 0.444 e. The highest BCUT2D eigenvalue weighted by Crippen LogP contribution is 2.20. The first-order valence-corrected chi connectivity index (χ1v) is 9.10. The molecule has 3 aromatic rings. The highest BCUT2D eigenvalue weighted by Gasteiger charge is 2.10. The van der Waals surface area contributed by atoms with Gasteiger partial charge in [-0.1, -0.05) is 36.4 Å². The summed E-state index contributed by atoms with van der Waals surface area (Å²) in [6, 6.07) is 18.5. The first-order chi connectivity index (χ1) is 13.4. The van der Waals surface area contributed by atoms with Gasteiger partial charge in [0.25, 0.3) is 0 Å². The maximum atomic E-state index is 5.29. The van der Waals surface area contributed by atoms with Crippen LogP contribution in [0.4, 0.5) is 5.69 Å². The summed E-state index contributed by atoms with van der Waals surface area (Å²) in [4.78, 5) is 6.38. The standard InChI is InChI=1S/C22H22N4O/c1-2-4-19(5-3-1)16-26-12-10-18(11-13-26)14-24-25-21-8-6-20(7-9-21)22-15-23-17-27-22/h1-10,14-15,17,25H,11-13,16H2. The molecule has 2 heterocycles. The van der Waals surface area contributed by atoms with Gasteiger partial charge in [-0.2, -0.15) is 5.10 Å². The van der Waals surface area contributed by atoms with Gasteiger partial charge in [0, 0.05) is 25.2 Å². The van der Waals surface area contributed by atoms with E-state index in [1.54, 1.807) is 6.20 Å². The summed E-state index contributed by atoms with van der Waals surface area (Å²) in [6.07, 6.45) is 8.33. The highest BCUT2D eigenvalue weighted by atomic mass is 16.3. The van der Waals surface area contributed by atoms with Gasteiger partial charge in [0.1, 0.15) is 0 Å². The van der Waals surface area contributed by atoms with Crippen molar-refractivity contribution >= 4 is 11.9 Å². The molecule has 5 heteroatoms. The molecule has 136 valence electrons. The molecule has 4 rings (SSSR count). The maximum absolute atomic E-state index is 5.29. The third kappa shape index (κ3) is 4.71. The first-order valence-electron chi connectivity index (χ1n) is 9.10. The Kier molecular flexibility index (Phi) is 5.41. The van der Waals surface area contributed by atoms with Crippen LogP contribution in [0.1, 0.15) is 12.0 Å². The second-order valence-corrected chi connectivity index (χ2v) is 6.56. The average molecular weight is 358 g/mol. The van der Waals surface area contributed by atoms with Crippen molar-refractivity contribution in [2.75, 3.05) is 18.5 Å². The minimum Gasteiger partial charge on any atom is -0.444 e. The molecule has 1 N–H and O–H groups in total. The topological polar surface area (TPSA) is 53.7 Å². The van der Waals surface area contributed by atoms with E-state index in [1.807, 2.05) is 30.5 Å². The van der Waals surface area contributed by atoms with E-state index in [0.29, 0.717) is 0 Å². The Bertz CT molecular complexity index is 899. The lowest BCUT2D eigenvalue weighted by atomic mass is 10.1. The molecular weight excluding hydrogens is 336 g/mol. The summed E-state index contributed by atoms with van der Waals surface area (Å²) in [7, 11) is 0. The molecule has 0 saturated heterocycles. The van der Waals surface area contributed by atoms with Gasteiger partial charge >= 0.3 is 0 Å². The van der Waals surface area contributed by atoms with Gasteiger partial charge in [-0.15, -0.1) is 0 Å². The van der Waals surface area contributed by atoms with E-state index in [1.165, 1.54) is 17.5 Å². The average Bonchev–Trinajstić information content (AvgIpc) is 3.26. The smallest absolute Gasteiger partial charge is 0.181 e. The molecule has 2 aromatic carbocycles. The van der Waals surface area contributed by atoms with Gasteiger partial charge in [-0.05, 0) is 41.8 Å². The summed E-state index contributed by atoms with van der Waals surface area (Å²) >= 11 is 0. The monoisotopic (exact) mass is 358 g/mol. The quantitative estimate of drug-likeness (QED) is 0.518. The lowest BCUT2D eigenvalue weighted by molar-refractivity contribution is 0.288. The molecule has 0 unspecified atom stereocenters. The molecule has 0 spiro atoms. The Morgan fingerprint density at radius 1 is 1.11 bits per heavy atom. The molecule has 0 bridgehead atoms. The molecule has 0 fully saturated rings. The number of aromatic nitrogens is 1. The molecule has 0 amide bonds. The van der Waals surface area contributed by atoms with Gasteiger partial charge in [0.15, 0.2) is 12.2 Å². The number of hydrazone groups is 1. The minimum atomic E-state index is 0.762. The number of hydrogen-bond acceptors (Lipinski definition) is 5. The van der Waals surface area contributed by atoms with E-state index in [4.69, 9.17) is 4.42 Å². The lowest BCUT2D eigenvalue weighted by Crippen LogP contribution is -2.28. The van der Waals surface area contributed by atoms with Gasteiger partial charge in [0.2, 0.25) is 0 Å². The minimum absolute atomic E-state index is 0.762. The van der Waals surface area contributed by atoms with E-state index in [2.05, 4.69) is 56.8 Å². The molecule has 27 heavy (non-hydrogen) atoms. The van der Waals surface area contributed by atoms with Crippen molar-refractivity contribution in [3.05, 3.63) is 84.4 Å². The summed E-state index contributed by atoms with van der Waals surface area (Å²) in [5.41, 5.74) is 7.65.